The van der Waals surface area contributed by atoms with Crippen LogP contribution in [0.4, 0.5) is 11.5 Å². The van der Waals surface area contributed by atoms with Crippen LogP contribution in [0.5, 0.6) is 0 Å². The number of nitrogens with two attached hydrogens (primary N) is 1. The van der Waals surface area contributed by atoms with Crippen molar-refractivity contribution in [1.29, 1.82) is 0 Å². The summed E-state index contributed by atoms with van der Waals surface area (Å²) in [6.45, 7) is 11.1. The first kappa shape index (κ1) is 14.1. The predicted molar refractivity (Wildman–Crippen MR) is 81.3 cm³/mol. The summed E-state index contributed by atoms with van der Waals surface area (Å²) in [6.07, 6.45) is 3.89. The fourth-order valence-corrected chi connectivity index (χ4v) is 3.37. The summed E-state index contributed by atoms with van der Waals surface area (Å²) in [5, 5.41) is 7.27. The summed E-state index contributed by atoms with van der Waals surface area (Å²) in [7, 11) is 0. The summed E-state index contributed by atoms with van der Waals surface area (Å²) in [5.41, 5.74) is 7.85. The molecule has 0 bridgehead atoms. The standard InChI is InChI=1S/C15H26N4/c1-10-6-11(16)9-17-13(10)18-12-7-14(2,3)19-15(4,5)8-12/h6,9,12,19H,7-8,16H2,1-5H3,(H,17,18). The number of nitrogens with one attached hydrogen (secondary N) is 2. The molecule has 1 saturated heterocycles. The molecule has 1 aliphatic heterocycles. The molecule has 0 aliphatic carbocycles. The van der Waals surface area contributed by atoms with Crippen LogP contribution < -0.4 is 16.4 Å². The molecule has 1 aliphatic rings. The average molecular weight is 262 g/mol. The Bertz CT molecular complexity index is 449. The van der Waals surface area contributed by atoms with E-state index in [-0.39, 0.29) is 11.1 Å². The number of aromatic nitrogens is 1. The van der Waals surface area contributed by atoms with Crippen LogP contribution in [0.3, 0.4) is 0 Å². The number of nitrogens with zero attached hydrogens (tertiary/aromatic N) is 1. The minimum atomic E-state index is 0.140. The largest absolute Gasteiger partial charge is 0.397 e. The van der Waals surface area contributed by atoms with E-state index in [1.54, 1.807) is 6.20 Å². The maximum absolute atomic E-state index is 5.75. The number of hydrogen-bond acceptors (Lipinski definition) is 4. The van der Waals surface area contributed by atoms with Gasteiger partial charge in [-0.3, -0.25) is 0 Å². The third kappa shape index (κ3) is 3.60. The topological polar surface area (TPSA) is 63.0 Å². The van der Waals surface area contributed by atoms with Crippen molar-refractivity contribution < 1.29 is 0 Å². The first-order valence-electron chi connectivity index (χ1n) is 6.95. The Morgan fingerprint density at radius 2 is 1.84 bits per heavy atom. The lowest BCUT2D eigenvalue weighted by Gasteiger charge is -2.46. The van der Waals surface area contributed by atoms with Crippen LogP contribution >= 0.6 is 0 Å². The zero-order chi connectivity index (χ0) is 14.3. The molecule has 0 atom stereocenters. The fraction of sp³-hybridized carbons (Fsp3) is 0.667. The van der Waals surface area contributed by atoms with Gasteiger partial charge in [0.25, 0.3) is 0 Å². The van der Waals surface area contributed by atoms with Crippen LogP contribution in [0.2, 0.25) is 0 Å². The Labute approximate surface area is 116 Å². The second-order valence-corrected chi connectivity index (χ2v) is 7.08. The van der Waals surface area contributed by atoms with Gasteiger partial charge in [0.15, 0.2) is 0 Å². The zero-order valence-corrected chi connectivity index (χ0v) is 12.7. The predicted octanol–water partition coefficient (Wildman–Crippen LogP) is 2.69. The van der Waals surface area contributed by atoms with E-state index in [0.717, 1.165) is 24.2 Å². The van der Waals surface area contributed by atoms with Gasteiger partial charge in [-0.2, -0.15) is 0 Å². The molecule has 0 radical (unpaired) electrons. The lowest BCUT2D eigenvalue weighted by molar-refractivity contribution is 0.170. The second kappa shape index (κ2) is 4.67. The maximum Gasteiger partial charge on any atom is 0.129 e. The van der Waals surface area contributed by atoms with E-state index in [0.29, 0.717) is 11.7 Å². The SMILES string of the molecule is Cc1cc(N)cnc1NC1CC(C)(C)NC(C)(C)C1. The Morgan fingerprint density at radius 3 is 2.37 bits per heavy atom. The van der Waals surface area contributed by atoms with Gasteiger partial charge in [0.1, 0.15) is 5.82 Å². The lowest BCUT2D eigenvalue weighted by Crippen LogP contribution is -2.60. The molecule has 1 fully saturated rings. The van der Waals surface area contributed by atoms with E-state index < -0.39 is 0 Å². The Balaban J connectivity index is 2.14. The molecule has 0 spiro atoms. The molecule has 0 saturated carbocycles. The van der Waals surface area contributed by atoms with Gasteiger partial charge in [0, 0.05) is 17.1 Å². The number of hydrogen-bond donors (Lipinski definition) is 3. The van der Waals surface area contributed by atoms with Gasteiger partial charge in [-0.05, 0) is 59.1 Å². The van der Waals surface area contributed by atoms with Crippen LogP contribution in [-0.4, -0.2) is 22.1 Å². The summed E-state index contributed by atoms with van der Waals surface area (Å²) < 4.78 is 0. The van der Waals surface area contributed by atoms with Crippen molar-refractivity contribution in [3.63, 3.8) is 0 Å². The Kier molecular flexibility index (Phi) is 3.47. The van der Waals surface area contributed by atoms with Crippen molar-refractivity contribution in [3.8, 4) is 0 Å². The number of aryl methyl sites for hydroxylation is 1. The van der Waals surface area contributed by atoms with E-state index in [1.807, 2.05) is 13.0 Å². The summed E-state index contributed by atoms with van der Waals surface area (Å²) in [4.78, 5) is 4.41. The molecule has 0 aromatic carbocycles. The van der Waals surface area contributed by atoms with E-state index in [1.165, 1.54) is 0 Å². The van der Waals surface area contributed by atoms with E-state index in [9.17, 15) is 0 Å². The number of rotatable bonds is 2. The van der Waals surface area contributed by atoms with Crippen LogP contribution in [0.1, 0.15) is 46.1 Å². The quantitative estimate of drug-likeness (QED) is 0.767. The van der Waals surface area contributed by atoms with Gasteiger partial charge >= 0.3 is 0 Å². The first-order valence-corrected chi connectivity index (χ1v) is 6.95. The highest BCUT2D eigenvalue weighted by Gasteiger charge is 2.37. The van der Waals surface area contributed by atoms with Crippen molar-refractivity contribution in [2.45, 2.75) is 64.6 Å². The Morgan fingerprint density at radius 1 is 1.26 bits per heavy atom. The smallest absolute Gasteiger partial charge is 0.129 e. The molecule has 1 aromatic rings. The first-order chi connectivity index (χ1) is 8.67. The van der Waals surface area contributed by atoms with Gasteiger partial charge in [-0.15, -0.1) is 0 Å². The summed E-state index contributed by atoms with van der Waals surface area (Å²) in [6, 6.07) is 2.40. The van der Waals surface area contributed by atoms with Gasteiger partial charge in [-0.25, -0.2) is 4.98 Å². The molecule has 0 amide bonds. The van der Waals surface area contributed by atoms with Crippen molar-refractivity contribution in [2.24, 2.45) is 0 Å². The fourth-order valence-electron chi connectivity index (χ4n) is 3.37. The molecule has 4 nitrogen and oxygen atoms in total. The van der Waals surface area contributed by atoms with Gasteiger partial charge in [0.05, 0.1) is 11.9 Å². The molecule has 2 rings (SSSR count). The highest BCUT2D eigenvalue weighted by Crippen LogP contribution is 2.30. The third-order valence-electron chi connectivity index (χ3n) is 3.63. The highest BCUT2D eigenvalue weighted by atomic mass is 15.1. The minimum Gasteiger partial charge on any atom is -0.397 e. The zero-order valence-electron chi connectivity index (χ0n) is 12.7. The molecule has 106 valence electrons. The molecular weight excluding hydrogens is 236 g/mol. The number of nitrogen functional groups attached to an aromatic ring is 1. The van der Waals surface area contributed by atoms with Crippen molar-refractivity contribution >= 4 is 11.5 Å². The molecule has 1 aromatic heterocycles. The monoisotopic (exact) mass is 262 g/mol. The molecule has 4 N–H and O–H groups in total. The number of pyridine rings is 1. The van der Waals surface area contributed by atoms with Crippen LogP contribution in [0, 0.1) is 6.92 Å². The minimum absolute atomic E-state index is 0.140. The van der Waals surface area contributed by atoms with Gasteiger partial charge in [0.2, 0.25) is 0 Å². The summed E-state index contributed by atoms with van der Waals surface area (Å²) >= 11 is 0. The molecule has 4 heteroatoms. The van der Waals surface area contributed by atoms with Crippen LogP contribution in [-0.2, 0) is 0 Å². The van der Waals surface area contributed by atoms with Crippen LogP contribution in [0.25, 0.3) is 0 Å². The number of anilines is 2. The lowest BCUT2D eigenvalue weighted by atomic mass is 9.79. The van der Waals surface area contributed by atoms with E-state index in [4.69, 9.17) is 5.73 Å². The van der Waals surface area contributed by atoms with Gasteiger partial charge in [-0.1, -0.05) is 0 Å². The maximum atomic E-state index is 5.75. The van der Waals surface area contributed by atoms with Crippen molar-refractivity contribution in [1.82, 2.24) is 10.3 Å². The second-order valence-electron chi connectivity index (χ2n) is 7.08. The average Bonchev–Trinajstić information content (AvgIpc) is 2.17. The van der Waals surface area contributed by atoms with Crippen molar-refractivity contribution in [2.75, 3.05) is 11.1 Å². The normalized spacial score (nSPS) is 22.2. The Hall–Kier alpha value is -1.29. The van der Waals surface area contributed by atoms with Crippen molar-refractivity contribution in [3.05, 3.63) is 17.8 Å². The molecular formula is C15H26N4. The molecule has 19 heavy (non-hydrogen) atoms. The number of piperidine rings is 1. The highest BCUT2D eigenvalue weighted by molar-refractivity contribution is 5.51. The van der Waals surface area contributed by atoms with Crippen LogP contribution in [0.15, 0.2) is 12.3 Å². The summed E-state index contributed by atoms with van der Waals surface area (Å²) in [5.74, 6) is 0.952. The van der Waals surface area contributed by atoms with E-state index in [2.05, 4.69) is 43.3 Å². The third-order valence-corrected chi connectivity index (χ3v) is 3.63. The van der Waals surface area contributed by atoms with Gasteiger partial charge < -0.3 is 16.4 Å². The molecule has 0 unspecified atom stereocenters. The molecule has 2 heterocycles. The van der Waals surface area contributed by atoms with E-state index >= 15 is 0 Å².